The normalized spacial score (nSPS) is 11.8. The Kier molecular flexibility index (Phi) is 15.7. The lowest BCUT2D eigenvalue weighted by atomic mass is 10.1. The number of hydrogen-bond acceptors (Lipinski definition) is 5. The maximum absolute atomic E-state index is 11.9. The van der Waals surface area contributed by atoms with E-state index in [0.29, 0.717) is 18.2 Å². The van der Waals surface area contributed by atoms with Gasteiger partial charge in [0.1, 0.15) is 0 Å². The minimum absolute atomic E-state index is 0.277. The van der Waals surface area contributed by atoms with Crippen molar-refractivity contribution < 1.29 is 18.1 Å². The van der Waals surface area contributed by atoms with Crippen molar-refractivity contribution in [1.82, 2.24) is 0 Å². The van der Waals surface area contributed by atoms with E-state index in [2.05, 4.69) is 6.92 Å². The van der Waals surface area contributed by atoms with Crippen LogP contribution in [-0.2, 0) is 18.1 Å². The Balaban J connectivity index is 3.50. The van der Waals surface area contributed by atoms with Crippen LogP contribution in [0.15, 0.2) is 0 Å². The average molecular weight is 365 g/mol. The fourth-order valence-electron chi connectivity index (χ4n) is 2.50. The molecule has 0 rings (SSSR count). The summed E-state index contributed by atoms with van der Waals surface area (Å²) in [6.07, 6.45) is 12.2. The van der Waals surface area contributed by atoms with Gasteiger partial charge in [-0.15, -0.1) is 0 Å². The Morgan fingerprint density at radius 2 is 1.30 bits per heavy atom. The number of hydrogen-bond donors (Lipinski definition) is 0. The topological polar surface area (TPSA) is 44.8 Å². The van der Waals surface area contributed by atoms with Crippen LogP contribution in [0.3, 0.4) is 0 Å². The van der Waals surface area contributed by atoms with Crippen LogP contribution in [0.25, 0.3) is 0 Å². The molecule has 4 nitrogen and oxygen atoms in total. The molecule has 0 bridgehead atoms. The number of thioether (sulfide) groups is 1. The first kappa shape index (κ1) is 23.1. The number of carbonyl (C=O) groups excluding carboxylic acids is 1. The van der Waals surface area contributed by atoms with Gasteiger partial charge >= 0.3 is 8.80 Å². The molecule has 0 aliphatic heterocycles. The molecule has 0 aromatic carbocycles. The molecule has 0 saturated heterocycles. The maximum Gasteiger partial charge on any atom is 0.500 e. The number of unbranched alkanes of at least 4 members (excludes halogenated alkanes) is 8. The summed E-state index contributed by atoms with van der Waals surface area (Å²) in [5.74, 6) is 0.706. The Bertz CT molecular complexity index is 278. The number of rotatable bonds is 16. The van der Waals surface area contributed by atoms with Gasteiger partial charge in [-0.3, -0.25) is 4.79 Å². The zero-order valence-electron chi connectivity index (χ0n) is 15.5. The molecular weight excluding hydrogens is 328 g/mol. The fourth-order valence-corrected chi connectivity index (χ4v) is 5.54. The van der Waals surface area contributed by atoms with Gasteiger partial charge in [-0.05, 0) is 6.42 Å². The Hall–Kier alpha value is 0.117. The third kappa shape index (κ3) is 12.2. The largest absolute Gasteiger partial charge is 0.500 e. The van der Waals surface area contributed by atoms with Gasteiger partial charge < -0.3 is 13.3 Å². The van der Waals surface area contributed by atoms with Crippen LogP contribution in [0, 0.1) is 0 Å². The Labute approximate surface area is 148 Å². The van der Waals surface area contributed by atoms with Crippen molar-refractivity contribution in [1.29, 1.82) is 0 Å². The van der Waals surface area contributed by atoms with Crippen molar-refractivity contribution in [3.05, 3.63) is 0 Å². The van der Waals surface area contributed by atoms with E-state index in [4.69, 9.17) is 13.3 Å². The molecule has 23 heavy (non-hydrogen) atoms. The zero-order chi connectivity index (χ0) is 17.4. The summed E-state index contributed by atoms with van der Waals surface area (Å²) in [6, 6.07) is 0.671. The summed E-state index contributed by atoms with van der Waals surface area (Å²) in [5.41, 5.74) is 0. The van der Waals surface area contributed by atoms with Gasteiger partial charge in [0.15, 0.2) is 5.12 Å². The summed E-state index contributed by atoms with van der Waals surface area (Å²) in [4.78, 5) is 11.9. The molecule has 0 amide bonds. The first-order valence-electron chi connectivity index (χ1n) is 8.95. The van der Waals surface area contributed by atoms with Gasteiger partial charge in [0.25, 0.3) is 0 Å². The zero-order valence-corrected chi connectivity index (χ0v) is 17.3. The Morgan fingerprint density at radius 1 is 0.826 bits per heavy atom. The summed E-state index contributed by atoms with van der Waals surface area (Å²) in [6.45, 7) is 2.25. The summed E-state index contributed by atoms with van der Waals surface area (Å²) < 4.78 is 16.0. The predicted molar refractivity (Wildman–Crippen MR) is 101 cm³/mol. The highest BCUT2D eigenvalue weighted by atomic mass is 32.2. The summed E-state index contributed by atoms with van der Waals surface area (Å²) >= 11 is 1.38. The van der Waals surface area contributed by atoms with Crippen LogP contribution in [0.2, 0.25) is 6.04 Å². The summed E-state index contributed by atoms with van der Waals surface area (Å²) in [5, 5.41) is 0.277. The third-order valence-electron chi connectivity index (χ3n) is 4.09. The summed E-state index contributed by atoms with van der Waals surface area (Å²) in [7, 11) is 2.30. The van der Waals surface area contributed by atoms with E-state index in [0.717, 1.165) is 6.42 Å². The average Bonchev–Trinajstić information content (AvgIpc) is 2.58. The molecule has 6 heteroatoms. The smallest absolute Gasteiger partial charge is 0.377 e. The van der Waals surface area contributed by atoms with Crippen molar-refractivity contribution in [2.24, 2.45) is 0 Å². The predicted octanol–water partition coefficient (Wildman–Crippen LogP) is 5.05. The maximum atomic E-state index is 11.9. The molecule has 138 valence electrons. The van der Waals surface area contributed by atoms with Gasteiger partial charge in [-0.2, -0.15) is 0 Å². The molecule has 0 radical (unpaired) electrons. The van der Waals surface area contributed by atoms with Gasteiger partial charge in [-0.25, -0.2) is 0 Å². The first-order valence-corrected chi connectivity index (χ1v) is 11.9. The first-order chi connectivity index (χ1) is 11.1. The standard InChI is InChI=1S/C17H36O4SSi/c1-5-6-7-8-9-10-11-12-13-14-17(18)22-15-16-23(19-2,20-3)21-4/h5-16H2,1-4H3. The Morgan fingerprint density at radius 3 is 1.78 bits per heavy atom. The second-order valence-corrected chi connectivity index (χ2v) is 10.1. The molecule has 0 spiro atoms. The molecule has 0 aromatic rings. The van der Waals surface area contributed by atoms with Crippen molar-refractivity contribution >= 4 is 25.7 Å². The van der Waals surface area contributed by atoms with E-state index in [1.807, 2.05) is 0 Å². The number of carbonyl (C=O) groups is 1. The van der Waals surface area contributed by atoms with Crippen LogP contribution < -0.4 is 0 Å². The monoisotopic (exact) mass is 364 g/mol. The molecule has 0 aliphatic carbocycles. The highest BCUT2D eigenvalue weighted by molar-refractivity contribution is 8.13. The fraction of sp³-hybridized carbons (Fsp3) is 0.941. The van der Waals surface area contributed by atoms with Crippen LogP contribution in [0.1, 0.15) is 71.1 Å². The minimum Gasteiger partial charge on any atom is -0.377 e. The van der Waals surface area contributed by atoms with Gasteiger partial charge in [0.05, 0.1) is 0 Å². The quantitative estimate of drug-likeness (QED) is 0.283. The molecule has 0 fully saturated rings. The third-order valence-corrected chi connectivity index (χ3v) is 8.11. The highest BCUT2D eigenvalue weighted by Gasteiger charge is 2.37. The van der Waals surface area contributed by atoms with Crippen molar-refractivity contribution in [3.8, 4) is 0 Å². The molecule has 0 unspecified atom stereocenters. The second-order valence-electron chi connectivity index (χ2n) is 5.84. The molecule has 0 aromatic heterocycles. The van der Waals surface area contributed by atoms with Crippen molar-refractivity contribution in [2.75, 3.05) is 27.1 Å². The van der Waals surface area contributed by atoms with Crippen LogP contribution in [-0.4, -0.2) is 41.0 Å². The molecule has 0 saturated carbocycles. The van der Waals surface area contributed by atoms with Crippen LogP contribution in [0.4, 0.5) is 0 Å². The van der Waals surface area contributed by atoms with E-state index in [1.165, 1.54) is 63.1 Å². The van der Waals surface area contributed by atoms with E-state index in [9.17, 15) is 4.79 Å². The van der Waals surface area contributed by atoms with E-state index >= 15 is 0 Å². The van der Waals surface area contributed by atoms with Crippen LogP contribution in [0.5, 0.6) is 0 Å². The lowest BCUT2D eigenvalue weighted by Crippen LogP contribution is -2.43. The van der Waals surface area contributed by atoms with E-state index in [1.54, 1.807) is 21.3 Å². The molecular formula is C17H36O4SSi. The van der Waals surface area contributed by atoms with Crippen molar-refractivity contribution in [2.45, 2.75) is 77.2 Å². The minimum atomic E-state index is -2.52. The van der Waals surface area contributed by atoms with Crippen molar-refractivity contribution in [3.63, 3.8) is 0 Å². The molecule has 0 atom stereocenters. The van der Waals surface area contributed by atoms with Crippen LogP contribution >= 0.6 is 11.8 Å². The second kappa shape index (κ2) is 15.6. The SMILES string of the molecule is CCCCCCCCCCCC(=O)SCC[Si](OC)(OC)OC. The lowest BCUT2D eigenvalue weighted by Gasteiger charge is -2.23. The van der Waals surface area contributed by atoms with Gasteiger partial charge in [0, 0.05) is 39.5 Å². The lowest BCUT2D eigenvalue weighted by molar-refractivity contribution is -0.111. The van der Waals surface area contributed by atoms with Gasteiger partial charge in [0.2, 0.25) is 0 Å². The molecule has 0 aliphatic rings. The van der Waals surface area contributed by atoms with Gasteiger partial charge in [-0.1, -0.05) is 70.1 Å². The van der Waals surface area contributed by atoms with E-state index < -0.39 is 8.80 Å². The molecule has 0 N–H and O–H groups in total. The van der Waals surface area contributed by atoms with E-state index in [-0.39, 0.29) is 5.12 Å². The highest BCUT2D eigenvalue weighted by Crippen LogP contribution is 2.19. The molecule has 0 heterocycles.